The van der Waals surface area contributed by atoms with Crippen molar-refractivity contribution in [1.82, 2.24) is 15.2 Å². The van der Waals surface area contributed by atoms with E-state index in [1.807, 2.05) is 19.4 Å². The van der Waals surface area contributed by atoms with Crippen molar-refractivity contribution >= 4 is 0 Å². The third kappa shape index (κ3) is 2.60. The molecule has 0 radical (unpaired) electrons. The number of likely N-dealkylation sites (N-methyl/N-ethyl adjacent to an activating group) is 1. The molecule has 3 heteroatoms. The topological polar surface area (TPSA) is 28.2 Å². The quantitative estimate of drug-likeness (QED) is 0.833. The van der Waals surface area contributed by atoms with E-state index < -0.39 is 0 Å². The molecule has 1 aliphatic rings. The van der Waals surface area contributed by atoms with Crippen LogP contribution in [0.4, 0.5) is 0 Å². The normalized spacial score (nSPS) is 21.5. The lowest BCUT2D eigenvalue weighted by Crippen LogP contribution is -2.36. The summed E-state index contributed by atoms with van der Waals surface area (Å²) in [7, 11) is 2.03. The average molecular weight is 219 g/mol. The molecule has 1 aromatic rings. The SMILES string of the molecule is CNCC1CCCN1Cc1cnccc1C. The number of aromatic nitrogens is 1. The van der Waals surface area contributed by atoms with Crippen molar-refractivity contribution in [2.24, 2.45) is 0 Å². The van der Waals surface area contributed by atoms with Gasteiger partial charge in [-0.15, -0.1) is 0 Å². The van der Waals surface area contributed by atoms with Crippen molar-refractivity contribution in [2.75, 3.05) is 20.1 Å². The first kappa shape index (κ1) is 11.6. The second kappa shape index (κ2) is 5.41. The number of nitrogens with zero attached hydrogens (tertiary/aromatic N) is 2. The van der Waals surface area contributed by atoms with Gasteiger partial charge in [-0.2, -0.15) is 0 Å². The van der Waals surface area contributed by atoms with Gasteiger partial charge in [0.05, 0.1) is 0 Å². The molecule has 0 bridgehead atoms. The van der Waals surface area contributed by atoms with Crippen LogP contribution >= 0.6 is 0 Å². The van der Waals surface area contributed by atoms with E-state index in [4.69, 9.17) is 0 Å². The second-order valence-electron chi connectivity index (χ2n) is 4.63. The van der Waals surface area contributed by atoms with Crippen molar-refractivity contribution < 1.29 is 0 Å². The maximum Gasteiger partial charge on any atom is 0.0315 e. The van der Waals surface area contributed by atoms with Crippen LogP contribution in [0.1, 0.15) is 24.0 Å². The van der Waals surface area contributed by atoms with Gasteiger partial charge in [-0.1, -0.05) is 0 Å². The molecule has 1 aliphatic heterocycles. The summed E-state index contributed by atoms with van der Waals surface area (Å²) in [6, 6.07) is 2.79. The first-order valence-electron chi connectivity index (χ1n) is 6.09. The summed E-state index contributed by atoms with van der Waals surface area (Å²) in [4.78, 5) is 6.79. The Kier molecular flexibility index (Phi) is 3.91. The predicted molar refractivity (Wildman–Crippen MR) is 66.3 cm³/mol. The van der Waals surface area contributed by atoms with E-state index in [-0.39, 0.29) is 0 Å². The predicted octanol–water partition coefficient (Wildman–Crippen LogP) is 1.57. The highest BCUT2D eigenvalue weighted by atomic mass is 15.2. The molecule has 16 heavy (non-hydrogen) atoms. The zero-order valence-electron chi connectivity index (χ0n) is 10.2. The van der Waals surface area contributed by atoms with Gasteiger partial charge in [0.25, 0.3) is 0 Å². The lowest BCUT2D eigenvalue weighted by Gasteiger charge is -2.24. The van der Waals surface area contributed by atoms with Crippen LogP contribution in [0, 0.1) is 6.92 Å². The number of pyridine rings is 1. The van der Waals surface area contributed by atoms with Gasteiger partial charge < -0.3 is 5.32 Å². The minimum atomic E-state index is 0.699. The van der Waals surface area contributed by atoms with E-state index in [9.17, 15) is 0 Å². The molecule has 1 N–H and O–H groups in total. The summed E-state index contributed by atoms with van der Waals surface area (Å²) in [5.74, 6) is 0. The lowest BCUT2D eigenvalue weighted by atomic mass is 10.1. The number of likely N-dealkylation sites (tertiary alicyclic amines) is 1. The second-order valence-corrected chi connectivity index (χ2v) is 4.63. The zero-order chi connectivity index (χ0) is 11.4. The Morgan fingerprint density at radius 2 is 2.44 bits per heavy atom. The third-order valence-electron chi connectivity index (χ3n) is 3.46. The monoisotopic (exact) mass is 219 g/mol. The molecular formula is C13H21N3. The summed E-state index contributed by atoms with van der Waals surface area (Å²) in [5, 5.41) is 3.28. The average Bonchev–Trinajstić information content (AvgIpc) is 2.70. The van der Waals surface area contributed by atoms with Crippen LogP contribution in [0.15, 0.2) is 18.5 Å². The molecule has 88 valence electrons. The van der Waals surface area contributed by atoms with Gasteiger partial charge >= 0.3 is 0 Å². The summed E-state index contributed by atoms with van der Waals surface area (Å²) < 4.78 is 0. The molecule has 0 spiro atoms. The standard InChI is InChI=1S/C13H21N3/c1-11-5-6-15-8-12(11)10-16-7-3-4-13(16)9-14-2/h5-6,8,13-14H,3-4,7,9-10H2,1-2H3. The number of hydrogen-bond donors (Lipinski definition) is 1. The lowest BCUT2D eigenvalue weighted by molar-refractivity contribution is 0.241. The van der Waals surface area contributed by atoms with E-state index in [0.29, 0.717) is 6.04 Å². The summed E-state index contributed by atoms with van der Waals surface area (Å²) in [5.41, 5.74) is 2.72. The third-order valence-corrected chi connectivity index (χ3v) is 3.46. The van der Waals surface area contributed by atoms with Gasteiger partial charge in [-0.3, -0.25) is 9.88 Å². The van der Waals surface area contributed by atoms with Crippen molar-refractivity contribution in [3.8, 4) is 0 Å². The van der Waals surface area contributed by atoms with E-state index in [1.165, 1.54) is 30.5 Å². The van der Waals surface area contributed by atoms with Crippen LogP contribution in [-0.4, -0.2) is 36.1 Å². The summed E-state index contributed by atoms with van der Waals surface area (Å²) in [6.45, 7) is 5.53. The summed E-state index contributed by atoms with van der Waals surface area (Å²) in [6.07, 6.45) is 6.52. The molecule has 3 nitrogen and oxygen atoms in total. The maximum absolute atomic E-state index is 4.22. The highest BCUT2D eigenvalue weighted by Gasteiger charge is 2.23. The Morgan fingerprint density at radius 1 is 1.56 bits per heavy atom. The van der Waals surface area contributed by atoms with Gasteiger partial charge in [-0.25, -0.2) is 0 Å². The number of nitrogens with one attached hydrogen (secondary N) is 1. The van der Waals surface area contributed by atoms with Crippen LogP contribution in [-0.2, 0) is 6.54 Å². The van der Waals surface area contributed by atoms with Crippen LogP contribution in [0.2, 0.25) is 0 Å². The minimum Gasteiger partial charge on any atom is -0.318 e. The van der Waals surface area contributed by atoms with Crippen LogP contribution < -0.4 is 5.32 Å². The minimum absolute atomic E-state index is 0.699. The molecule has 0 saturated carbocycles. The molecule has 0 aromatic carbocycles. The molecule has 1 saturated heterocycles. The zero-order valence-corrected chi connectivity index (χ0v) is 10.2. The largest absolute Gasteiger partial charge is 0.318 e. The van der Waals surface area contributed by atoms with E-state index in [0.717, 1.165) is 13.1 Å². The Balaban J connectivity index is 2.01. The molecule has 0 aliphatic carbocycles. The van der Waals surface area contributed by atoms with Crippen molar-refractivity contribution in [3.05, 3.63) is 29.6 Å². The first-order chi connectivity index (χ1) is 7.81. The fourth-order valence-electron chi connectivity index (χ4n) is 2.45. The molecule has 1 aromatic heterocycles. The molecular weight excluding hydrogens is 198 g/mol. The van der Waals surface area contributed by atoms with Gasteiger partial charge in [0.15, 0.2) is 0 Å². The van der Waals surface area contributed by atoms with Crippen molar-refractivity contribution in [3.63, 3.8) is 0 Å². The van der Waals surface area contributed by atoms with Gasteiger partial charge in [0.1, 0.15) is 0 Å². The molecule has 1 atom stereocenters. The fraction of sp³-hybridized carbons (Fsp3) is 0.615. The Morgan fingerprint density at radius 3 is 3.19 bits per heavy atom. The van der Waals surface area contributed by atoms with Gasteiger partial charge in [-0.05, 0) is 50.6 Å². The molecule has 2 heterocycles. The smallest absolute Gasteiger partial charge is 0.0315 e. The Hall–Kier alpha value is -0.930. The summed E-state index contributed by atoms with van der Waals surface area (Å²) >= 11 is 0. The number of aryl methyl sites for hydroxylation is 1. The fourth-order valence-corrected chi connectivity index (χ4v) is 2.45. The van der Waals surface area contributed by atoms with Crippen molar-refractivity contribution in [1.29, 1.82) is 0 Å². The number of rotatable bonds is 4. The van der Waals surface area contributed by atoms with Crippen LogP contribution in [0.3, 0.4) is 0 Å². The Labute approximate surface area is 97.9 Å². The van der Waals surface area contributed by atoms with E-state index in [2.05, 4.69) is 28.2 Å². The Bertz CT molecular complexity index is 338. The van der Waals surface area contributed by atoms with Crippen molar-refractivity contribution in [2.45, 2.75) is 32.4 Å². The van der Waals surface area contributed by atoms with Gasteiger partial charge in [0.2, 0.25) is 0 Å². The molecule has 2 rings (SSSR count). The first-order valence-corrected chi connectivity index (χ1v) is 6.09. The van der Waals surface area contributed by atoms with Crippen LogP contribution in [0.25, 0.3) is 0 Å². The number of hydrogen-bond acceptors (Lipinski definition) is 3. The van der Waals surface area contributed by atoms with E-state index >= 15 is 0 Å². The highest BCUT2D eigenvalue weighted by molar-refractivity contribution is 5.21. The van der Waals surface area contributed by atoms with Gasteiger partial charge in [0, 0.05) is 31.5 Å². The van der Waals surface area contributed by atoms with Crippen LogP contribution in [0.5, 0.6) is 0 Å². The maximum atomic E-state index is 4.22. The van der Waals surface area contributed by atoms with E-state index in [1.54, 1.807) is 0 Å². The molecule has 1 unspecified atom stereocenters. The highest BCUT2D eigenvalue weighted by Crippen LogP contribution is 2.20. The molecule has 1 fully saturated rings. The molecule has 0 amide bonds.